The Kier molecular flexibility index (Phi) is 8.87. The molecule has 1 fully saturated rings. The van der Waals surface area contributed by atoms with Crippen molar-refractivity contribution in [3.8, 4) is 11.8 Å². The summed E-state index contributed by atoms with van der Waals surface area (Å²) >= 11 is 0. The zero-order chi connectivity index (χ0) is 26.5. The van der Waals surface area contributed by atoms with Gasteiger partial charge in [-0.2, -0.15) is 0 Å². The molecule has 0 bridgehead atoms. The summed E-state index contributed by atoms with van der Waals surface area (Å²) in [7, 11) is 0. The van der Waals surface area contributed by atoms with Crippen LogP contribution in [0.1, 0.15) is 98.3 Å². The maximum absolute atomic E-state index is 13.5. The molecule has 2 aromatic rings. The lowest BCUT2D eigenvalue weighted by Crippen LogP contribution is -2.32. The second kappa shape index (κ2) is 12.1. The van der Waals surface area contributed by atoms with Gasteiger partial charge in [-0.15, -0.1) is 11.8 Å². The van der Waals surface area contributed by atoms with Crippen LogP contribution in [0.15, 0.2) is 36.4 Å². The zero-order valence-electron chi connectivity index (χ0n) is 23.3. The third kappa shape index (κ3) is 6.33. The van der Waals surface area contributed by atoms with Gasteiger partial charge in [0.25, 0.3) is 5.91 Å². The average Bonchev–Trinajstić information content (AvgIpc) is 3.16. The lowest BCUT2D eigenvalue weighted by Gasteiger charge is -2.40. The van der Waals surface area contributed by atoms with Crippen LogP contribution in [0.5, 0.6) is 0 Å². The van der Waals surface area contributed by atoms with Gasteiger partial charge in [-0.3, -0.25) is 4.79 Å². The molecule has 0 aromatic heterocycles. The summed E-state index contributed by atoms with van der Waals surface area (Å²) < 4.78 is 0. The number of hydrogen-bond acceptors (Lipinski definition) is 3. The van der Waals surface area contributed by atoms with Crippen molar-refractivity contribution in [1.82, 2.24) is 5.32 Å². The Morgan fingerprint density at radius 1 is 1.19 bits per heavy atom. The van der Waals surface area contributed by atoms with E-state index in [4.69, 9.17) is 5.41 Å². The van der Waals surface area contributed by atoms with Crippen LogP contribution in [0.4, 0.5) is 5.69 Å². The van der Waals surface area contributed by atoms with Crippen molar-refractivity contribution in [2.24, 2.45) is 17.8 Å². The van der Waals surface area contributed by atoms with Crippen molar-refractivity contribution < 1.29 is 4.79 Å². The molecule has 1 amide bonds. The number of amides is 1. The first kappa shape index (κ1) is 27.1. The number of fused-ring (bicyclic) bond motifs is 1. The van der Waals surface area contributed by atoms with Gasteiger partial charge < -0.3 is 15.6 Å². The molecule has 0 radical (unpaired) electrons. The first-order valence-corrected chi connectivity index (χ1v) is 14.0. The summed E-state index contributed by atoms with van der Waals surface area (Å²) in [6.07, 6.45) is 5.35. The van der Waals surface area contributed by atoms with Gasteiger partial charge in [0, 0.05) is 42.3 Å². The SMILES string of the molecule is CCCC#CCC1CC(C(C(C)=N)c2cccc(N3Cc4c(C)cc(CNCC(C)C)cc4C3=O)c2)C1. The molecule has 1 aliphatic heterocycles. The molecular weight excluding hydrogens is 454 g/mol. The number of aryl methyl sites for hydroxylation is 1. The molecule has 0 saturated heterocycles. The number of carbonyl (C=O) groups is 1. The summed E-state index contributed by atoms with van der Waals surface area (Å²) in [6.45, 7) is 13.0. The number of nitrogens with zero attached hydrogens (tertiary/aromatic N) is 1. The van der Waals surface area contributed by atoms with E-state index in [0.717, 1.165) is 67.6 Å². The molecule has 1 unspecified atom stereocenters. The van der Waals surface area contributed by atoms with Crippen molar-refractivity contribution in [2.45, 2.75) is 85.7 Å². The van der Waals surface area contributed by atoms with E-state index in [9.17, 15) is 4.79 Å². The molecule has 4 rings (SSSR count). The second-order valence-corrected chi connectivity index (χ2v) is 11.5. The minimum atomic E-state index is 0.0819. The van der Waals surface area contributed by atoms with Gasteiger partial charge in [0.1, 0.15) is 0 Å². The van der Waals surface area contributed by atoms with Gasteiger partial charge in [-0.05, 0) is 97.9 Å². The lowest BCUT2D eigenvalue weighted by atomic mass is 9.64. The topological polar surface area (TPSA) is 56.2 Å². The van der Waals surface area contributed by atoms with Gasteiger partial charge in [0.2, 0.25) is 0 Å². The third-order valence-corrected chi connectivity index (χ3v) is 7.85. The highest BCUT2D eigenvalue weighted by atomic mass is 16.2. The van der Waals surface area contributed by atoms with Crippen LogP contribution >= 0.6 is 0 Å². The maximum Gasteiger partial charge on any atom is 0.258 e. The van der Waals surface area contributed by atoms with Crippen molar-refractivity contribution in [3.63, 3.8) is 0 Å². The molecule has 37 heavy (non-hydrogen) atoms. The number of unbranched alkanes of at least 4 members (excludes halogenated alkanes) is 1. The molecule has 2 N–H and O–H groups in total. The quantitative estimate of drug-likeness (QED) is 0.268. The van der Waals surface area contributed by atoms with Crippen LogP contribution in [-0.4, -0.2) is 18.2 Å². The van der Waals surface area contributed by atoms with Gasteiger partial charge in [0.05, 0.1) is 6.54 Å². The highest BCUT2D eigenvalue weighted by Crippen LogP contribution is 2.46. The fourth-order valence-electron chi connectivity index (χ4n) is 5.90. The number of anilines is 1. The van der Waals surface area contributed by atoms with Gasteiger partial charge in [-0.25, -0.2) is 0 Å². The maximum atomic E-state index is 13.5. The smallest absolute Gasteiger partial charge is 0.258 e. The van der Waals surface area contributed by atoms with E-state index in [1.54, 1.807) is 0 Å². The molecular formula is C33H43N3O. The van der Waals surface area contributed by atoms with Crippen LogP contribution in [0, 0.1) is 41.9 Å². The molecule has 1 atom stereocenters. The molecule has 4 heteroatoms. The van der Waals surface area contributed by atoms with E-state index in [2.05, 4.69) is 75.2 Å². The van der Waals surface area contributed by atoms with E-state index in [1.165, 1.54) is 11.1 Å². The Labute approximate surface area is 223 Å². The molecule has 196 valence electrons. The number of rotatable bonds is 10. The monoisotopic (exact) mass is 497 g/mol. The van der Waals surface area contributed by atoms with Crippen LogP contribution in [0.2, 0.25) is 0 Å². The van der Waals surface area contributed by atoms with Crippen molar-refractivity contribution in [1.29, 1.82) is 5.41 Å². The van der Waals surface area contributed by atoms with Crippen LogP contribution < -0.4 is 10.2 Å². The predicted octanol–water partition coefficient (Wildman–Crippen LogP) is 7.24. The van der Waals surface area contributed by atoms with E-state index >= 15 is 0 Å². The van der Waals surface area contributed by atoms with Crippen LogP contribution in [0.25, 0.3) is 0 Å². The largest absolute Gasteiger partial charge is 0.312 e. The zero-order valence-corrected chi connectivity index (χ0v) is 23.3. The van der Waals surface area contributed by atoms with Gasteiger partial charge in [-0.1, -0.05) is 39.0 Å². The van der Waals surface area contributed by atoms with E-state index < -0.39 is 0 Å². The summed E-state index contributed by atoms with van der Waals surface area (Å²) in [4.78, 5) is 15.5. The van der Waals surface area contributed by atoms with Crippen LogP contribution in [-0.2, 0) is 13.1 Å². The molecule has 4 nitrogen and oxygen atoms in total. The van der Waals surface area contributed by atoms with Crippen molar-refractivity contribution >= 4 is 17.3 Å². The number of nitrogens with one attached hydrogen (secondary N) is 2. The Bertz CT molecular complexity index is 1200. The van der Waals surface area contributed by atoms with Crippen molar-refractivity contribution in [2.75, 3.05) is 11.4 Å². The fraction of sp³-hybridized carbons (Fsp3) is 0.515. The molecule has 0 spiro atoms. The summed E-state index contributed by atoms with van der Waals surface area (Å²) in [5.74, 6) is 8.55. The van der Waals surface area contributed by atoms with E-state index in [0.29, 0.717) is 30.0 Å². The summed E-state index contributed by atoms with van der Waals surface area (Å²) in [5.41, 5.74) is 7.12. The average molecular weight is 498 g/mol. The number of hydrogen-bond donors (Lipinski definition) is 2. The molecule has 1 heterocycles. The Morgan fingerprint density at radius 2 is 1.97 bits per heavy atom. The fourth-order valence-corrected chi connectivity index (χ4v) is 5.90. The molecule has 2 aliphatic rings. The molecule has 1 aliphatic carbocycles. The van der Waals surface area contributed by atoms with E-state index in [-0.39, 0.29) is 11.8 Å². The number of carbonyl (C=O) groups excluding carboxylic acids is 1. The first-order chi connectivity index (χ1) is 17.8. The summed E-state index contributed by atoms with van der Waals surface area (Å²) in [6, 6.07) is 12.7. The first-order valence-electron chi connectivity index (χ1n) is 14.0. The van der Waals surface area contributed by atoms with Crippen molar-refractivity contribution in [3.05, 3.63) is 64.2 Å². The molecule has 2 aromatic carbocycles. The standard InChI is InChI=1S/C33H43N3O/c1-6-7-8-9-11-25-15-28(16-25)32(24(5)34)27-12-10-13-29(18-27)36-21-31-23(4)14-26(17-30(31)33(36)37)20-35-19-22(2)3/h10,12-14,17-18,22,25,28,32,34-35H,6-7,11,15-16,19-21H2,1-5H3. The Hall–Kier alpha value is -2.90. The molecule has 1 saturated carbocycles. The van der Waals surface area contributed by atoms with Gasteiger partial charge >= 0.3 is 0 Å². The third-order valence-electron chi connectivity index (χ3n) is 7.85. The normalized spacial score (nSPS) is 19.3. The highest BCUT2D eigenvalue weighted by molar-refractivity contribution is 6.10. The highest BCUT2D eigenvalue weighted by Gasteiger charge is 2.37. The predicted molar refractivity (Wildman–Crippen MR) is 154 cm³/mol. The van der Waals surface area contributed by atoms with Gasteiger partial charge in [0.15, 0.2) is 0 Å². The summed E-state index contributed by atoms with van der Waals surface area (Å²) in [5, 5.41) is 12.1. The minimum Gasteiger partial charge on any atom is -0.312 e. The Morgan fingerprint density at radius 3 is 2.68 bits per heavy atom. The van der Waals surface area contributed by atoms with Crippen LogP contribution in [0.3, 0.4) is 0 Å². The van der Waals surface area contributed by atoms with E-state index in [1.807, 2.05) is 17.9 Å². The lowest BCUT2D eigenvalue weighted by molar-refractivity contribution is 0.0996. The minimum absolute atomic E-state index is 0.0819. The second-order valence-electron chi connectivity index (χ2n) is 11.5. The number of benzene rings is 2. The Balaban J connectivity index is 1.48.